The lowest BCUT2D eigenvalue weighted by molar-refractivity contribution is -0.131. The number of aryl methyl sites for hydroxylation is 2. The predicted molar refractivity (Wildman–Crippen MR) is 375 cm³/mol. The van der Waals surface area contributed by atoms with Crippen molar-refractivity contribution in [3.05, 3.63) is 194 Å². The summed E-state index contributed by atoms with van der Waals surface area (Å²) < 4.78 is 4.25. The van der Waals surface area contributed by atoms with E-state index in [1.807, 2.05) is 64.5 Å². The van der Waals surface area contributed by atoms with Gasteiger partial charge < -0.3 is 39.8 Å². The Balaban J connectivity index is 0.000000142. The molecule has 3 aliphatic heterocycles. The second-order valence-electron chi connectivity index (χ2n) is 24.0. The maximum absolute atomic E-state index is 12.1. The van der Waals surface area contributed by atoms with E-state index >= 15 is 0 Å². The minimum Gasteiger partial charge on any atom is -0.383 e. The van der Waals surface area contributed by atoms with Crippen molar-refractivity contribution in [2.24, 2.45) is 37.6 Å². The monoisotopic (exact) mass is 1290 g/mol. The van der Waals surface area contributed by atoms with E-state index in [2.05, 4.69) is 130 Å². The van der Waals surface area contributed by atoms with Gasteiger partial charge in [-0.25, -0.2) is 0 Å². The number of halogens is 2. The van der Waals surface area contributed by atoms with Gasteiger partial charge in [-0.3, -0.25) is 49.3 Å². The van der Waals surface area contributed by atoms with Gasteiger partial charge in [-0.1, -0.05) is 47.5 Å². The number of hydrogen-bond donors (Lipinski definition) is 2. The number of benzene rings is 4. The largest absolute Gasteiger partial charge is 0.383 e. The third-order valence-corrected chi connectivity index (χ3v) is 17.8. The maximum Gasteiger partial charge on any atom is 0.219 e. The molecule has 0 saturated carbocycles. The molecule has 3 amide bonds. The molecule has 11 aromatic rings. The number of carbonyl (C=O) groups is 3. The number of aromatic nitrogens is 9. The van der Waals surface area contributed by atoms with Crippen LogP contribution in [0.1, 0.15) is 59.3 Å². The van der Waals surface area contributed by atoms with E-state index in [4.69, 9.17) is 38.9 Å². The highest BCUT2D eigenvalue weighted by atomic mass is 35.5. The Labute approximate surface area is 553 Å². The summed E-state index contributed by atoms with van der Waals surface area (Å²) in [5.41, 5.74) is 18.7. The fourth-order valence-electron chi connectivity index (χ4n) is 12.3. The predicted octanol–water partition coefficient (Wildman–Crippen LogP) is 13.7. The molecule has 480 valence electrons. The van der Waals surface area contributed by atoms with E-state index < -0.39 is 0 Å². The first kappa shape index (κ1) is 66.6. The van der Waals surface area contributed by atoms with Gasteiger partial charge in [0, 0.05) is 188 Å². The summed E-state index contributed by atoms with van der Waals surface area (Å²) in [5.74, 6) is 1.97. The molecule has 0 spiro atoms. The van der Waals surface area contributed by atoms with Gasteiger partial charge in [-0.15, -0.1) is 0 Å². The topological polar surface area (TPSA) is 202 Å². The SMILES string of the molecule is CC(=O)N1CCCC(CN(c2cccnc2)c2cc(-c3ccc4ccn(C)c4c3)c3nccnc3c2)C1.CC(=O)N1CCCC(CN)C1.CC(=O)N1CCCC(CNc2cccnc2)C1.Clc1cccnc1.Cn1ccc2ccc(-c3cc(Cl)cc4nccnc34)cc21. The summed E-state index contributed by atoms with van der Waals surface area (Å²) in [7, 11) is 4.11. The van der Waals surface area contributed by atoms with Crippen molar-refractivity contribution in [3.8, 4) is 22.3 Å². The minimum absolute atomic E-state index is 0.150. The summed E-state index contributed by atoms with van der Waals surface area (Å²) in [6, 6.07) is 36.9. The van der Waals surface area contributed by atoms with Gasteiger partial charge in [0.25, 0.3) is 0 Å². The molecule has 3 atom stereocenters. The van der Waals surface area contributed by atoms with E-state index in [9.17, 15) is 14.4 Å². The lowest BCUT2D eigenvalue weighted by atomic mass is 9.96. The first-order valence-electron chi connectivity index (χ1n) is 31.8. The van der Waals surface area contributed by atoms with Crippen molar-refractivity contribution >= 4 is 102 Å². The number of rotatable bonds is 10. The molecule has 3 unspecified atom stereocenters. The van der Waals surface area contributed by atoms with Gasteiger partial charge >= 0.3 is 0 Å². The molecule has 20 heteroatoms. The molecule has 14 rings (SSSR count). The van der Waals surface area contributed by atoms with Crippen LogP contribution in [0.4, 0.5) is 17.1 Å². The molecule has 3 aliphatic rings. The number of carbonyl (C=O) groups excluding carboxylic acids is 3. The standard InChI is InChI=1S/C30H30N6O.C17H12ClN3.C13H19N3O.C8H16N2O.C5H4ClN/c1-21(37)35-13-4-5-22(19-35)20-36(25-6-3-10-31-18-25)26-16-27(30-28(17-26)32-11-12-33-30)24-8-7-23-9-14-34(2)29(23)15-24;1-21-7-4-11-2-3-12(8-16(11)21)14-9-13(18)10-15-17(14)20-6-5-19-15;1-11(17)16-7-3-4-12(10-16)8-15-13-5-2-6-14-9-13;1-7(11)10-4-2-3-8(5-9)6-10;6-5-2-1-3-7-4-5/h3,6-12,14-18,22H,4-5,13,19-20H2,1-2H3;2-10H,1H3;2,5-6,9,12,15H,3-4,7-8,10H2,1H3;8H,2-6,9H2,1H3;1-4H. The number of likely N-dealkylation sites (tertiary alicyclic amines) is 3. The number of hydrogen-bond acceptors (Lipinski definition) is 13. The van der Waals surface area contributed by atoms with Crippen LogP contribution >= 0.6 is 23.2 Å². The van der Waals surface area contributed by atoms with E-state index in [0.717, 1.165) is 139 Å². The number of nitrogens with one attached hydrogen (secondary N) is 1. The van der Waals surface area contributed by atoms with Crippen molar-refractivity contribution in [2.75, 3.05) is 69.1 Å². The van der Waals surface area contributed by atoms with Gasteiger partial charge in [0.05, 0.1) is 44.7 Å². The molecule has 0 bridgehead atoms. The molecule has 7 aromatic heterocycles. The Bertz CT molecular complexity index is 4270. The van der Waals surface area contributed by atoms with Gasteiger partial charge in [0.15, 0.2) is 0 Å². The smallest absolute Gasteiger partial charge is 0.219 e. The first-order chi connectivity index (χ1) is 45.2. The number of piperidine rings is 3. The van der Waals surface area contributed by atoms with Gasteiger partial charge in [-0.2, -0.15) is 0 Å². The number of nitrogens with two attached hydrogens (primary N) is 1. The molecule has 93 heavy (non-hydrogen) atoms. The van der Waals surface area contributed by atoms with Crippen LogP contribution in [0.2, 0.25) is 10.0 Å². The fraction of sp³-hybridized carbons (Fsp3) is 0.315. The molecule has 3 N–H and O–H groups in total. The first-order valence-corrected chi connectivity index (χ1v) is 32.5. The summed E-state index contributed by atoms with van der Waals surface area (Å²) in [5, 5.41) is 7.16. The maximum atomic E-state index is 12.1. The van der Waals surface area contributed by atoms with Gasteiger partial charge in [-0.05, 0) is 170 Å². The van der Waals surface area contributed by atoms with E-state index in [0.29, 0.717) is 34.3 Å². The van der Waals surface area contributed by atoms with Crippen molar-refractivity contribution in [1.29, 1.82) is 0 Å². The van der Waals surface area contributed by atoms with Gasteiger partial charge in [0.2, 0.25) is 17.7 Å². The van der Waals surface area contributed by atoms with Crippen LogP contribution in [0.25, 0.3) is 66.1 Å². The zero-order valence-electron chi connectivity index (χ0n) is 53.5. The van der Waals surface area contributed by atoms with E-state index in [-0.39, 0.29) is 17.7 Å². The summed E-state index contributed by atoms with van der Waals surface area (Å²) in [6.07, 6.45) is 28.3. The molecule has 0 aliphatic carbocycles. The molecule has 0 radical (unpaired) electrons. The minimum atomic E-state index is 0.150. The van der Waals surface area contributed by atoms with Crippen LogP contribution in [-0.4, -0.2) is 135 Å². The number of pyridine rings is 3. The zero-order valence-corrected chi connectivity index (χ0v) is 55.0. The van der Waals surface area contributed by atoms with Crippen molar-refractivity contribution in [2.45, 2.75) is 59.3 Å². The molecule has 3 fully saturated rings. The molecule has 3 saturated heterocycles. The highest BCUT2D eigenvalue weighted by Gasteiger charge is 2.26. The van der Waals surface area contributed by atoms with Crippen LogP contribution in [-0.2, 0) is 28.5 Å². The summed E-state index contributed by atoms with van der Waals surface area (Å²) in [6.45, 7) is 12.6. The third kappa shape index (κ3) is 17.8. The molecule has 4 aromatic carbocycles. The number of amides is 3. The Kier molecular flexibility index (Phi) is 23.1. The van der Waals surface area contributed by atoms with E-state index in [1.54, 1.807) is 82.5 Å². The van der Waals surface area contributed by atoms with Crippen molar-refractivity contribution in [1.82, 2.24) is 58.7 Å². The highest BCUT2D eigenvalue weighted by molar-refractivity contribution is 6.32. The number of anilines is 3. The molecule has 18 nitrogen and oxygen atoms in total. The molecular weight excluding hydrogens is 1210 g/mol. The van der Waals surface area contributed by atoms with Crippen LogP contribution in [0.15, 0.2) is 184 Å². The second-order valence-corrected chi connectivity index (χ2v) is 24.8. The van der Waals surface area contributed by atoms with Crippen LogP contribution in [0.3, 0.4) is 0 Å². The Morgan fingerprint density at radius 3 is 1.55 bits per heavy atom. The van der Waals surface area contributed by atoms with Crippen LogP contribution < -0.4 is 16.0 Å². The second kappa shape index (κ2) is 32.3. The number of fused-ring (bicyclic) bond motifs is 4. The normalized spacial score (nSPS) is 16.2. The third-order valence-electron chi connectivity index (χ3n) is 17.3. The average Bonchev–Trinajstić information content (AvgIpc) is 1.83. The fourth-order valence-corrected chi connectivity index (χ4v) is 12.7. The van der Waals surface area contributed by atoms with Crippen LogP contribution in [0, 0.1) is 17.8 Å². The Morgan fingerprint density at radius 2 is 1.03 bits per heavy atom. The quantitative estimate of drug-likeness (QED) is 0.131. The highest BCUT2D eigenvalue weighted by Crippen LogP contribution is 2.38. The summed E-state index contributed by atoms with van der Waals surface area (Å²) in [4.78, 5) is 72.9. The number of nitrogens with zero attached hydrogens (tertiary/aromatic N) is 13. The van der Waals surface area contributed by atoms with E-state index in [1.165, 1.54) is 34.6 Å². The molecular formula is C73H81Cl2N15O3. The zero-order chi connectivity index (χ0) is 65.2. The molecule has 10 heterocycles. The van der Waals surface area contributed by atoms with Crippen molar-refractivity contribution in [3.63, 3.8) is 0 Å². The van der Waals surface area contributed by atoms with Crippen molar-refractivity contribution < 1.29 is 14.4 Å². The average molecular weight is 1290 g/mol. The Hall–Kier alpha value is -9.36. The Morgan fingerprint density at radius 1 is 0.527 bits per heavy atom. The van der Waals surface area contributed by atoms with Crippen LogP contribution in [0.5, 0.6) is 0 Å². The summed E-state index contributed by atoms with van der Waals surface area (Å²) >= 11 is 11.7. The van der Waals surface area contributed by atoms with Gasteiger partial charge in [0.1, 0.15) is 0 Å². The lowest BCUT2D eigenvalue weighted by Crippen LogP contribution is -2.42. The lowest BCUT2D eigenvalue weighted by Gasteiger charge is -2.36.